The van der Waals surface area contributed by atoms with E-state index in [-0.39, 0.29) is 0 Å². The van der Waals surface area contributed by atoms with E-state index >= 15 is 0 Å². The number of hydrogen-bond donors (Lipinski definition) is 0. The van der Waals surface area contributed by atoms with Gasteiger partial charge in [0.25, 0.3) is 0 Å². The summed E-state index contributed by atoms with van der Waals surface area (Å²) >= 11 is 0. The Morgan fingerprint density at radius 2 is 0.500 bits per heavy atom. The molecule has 0 fully saturated rings. The predicted molar refractivity (Wildman–Crippen MR) is 200 cm³/mol. The van der Waals surface area contributed by atoms with Crippen LogP contribution >= 0.6 is 15.6 Å². The highest BCUT2D eigenvalue weighted by Crippen LogP contribution is 2.50. The molecular formula is C40H52O8P2. The normalized spacial score (nSPS) is 11.6. The van der Waals surface area contributed by atoms with E-state index in [0.717, 1.165) is 38.5 Å². The lowest BCUT2D eigenvalue weighted by Gasteiger charge is -2.19. The average Bonchev–Trinajstić information content (AvgIpc) is 3.12. The summed E-state index contributed by atoms with van der Waals surface area (Å²) in [4.78, 5) is 0. The summed E-state index contributed by atoms with van der Waals surface area (Å²) in [5, 5.41) is 0. The van der Waals surface area contributed by atoms with E-state index in [1.165, 1.54) is 51.4 Å². The van der Waals surface area contributed by atoms with Crippen LogP contribution < -0.4 is 18.1 Å². The third-order valence-corrected chi connectivity index (χ3v) is 10.6. The molecule has 0 aliphatic rings. The van der Waals surface area contributed by atoms with Gasteiger partial charge in [-0.25, -0.2) is 9.13 Å². The molecule has 0 heterocycles. The Hall–Kier alpha value is -3.54. The molecule has 0 amide bonds. The molecule has 0 N–H and O–H groups in total. The van der Waals surface area contributed by atoms with Crippen molar-refractivity contribution < 1.29 is 36.3 Å². The molecule has 0 atom stereocenters. The zero-order valence-electron chi connectivity index (χ0n) is 29.0. The Balaban J connectivity index is 0.973. The van der Waals surface area contributed by atoms with Crippen molar-refractivity contribution in [3.05, 3.63) is 121 Å². The number of para-hydroxylation sites is 4. The van der Waals surface area contributed by atoms with E-state index in [0.29, 0.717) is 36.2 Å². The number of benzene rings is 4. The van der Waals surface area contributed by atoms with Crippen molar-refractivity contribution in [2.75, 3.05) is 13.2 Å². The van der Waals surface area contributed by atoms with Crippen LogP contribution in [-0.2, 0) is 18.2 Å². The molecule has 4 rings (SSSR count). The molecule has 270 valence electrons. The summed E-state index contributed by atoms with van der Waals surface area (Å²) in [6.07, 6.45) is 15.8. The maximum Gasteiger partial charge on any atom is 0.587 e. The molecule has 0 aliphatic carbocycles. The summed E-state index contributed by atoms with van der Waals surface area (Å²) in [7, 11) is -7.61. The average molecular weight is 723 g/mol. The number of hydrogen-bond acceptors (Lipinski definition) is 8. The molecule has 0 bridgehead atoms. The van der Waals surface area contributed by atoms with Gasteiger partial charge in [-0.05, 0) is 61.4 Å². The molecule has 10 heteroatoms. The lowest BCUT2D eigenvalue weighted by Crippen LogP contribution is -2.06. The van der Waals surface area contributed by atoms with Crippen molar-refractivity contribution >= 4 is 15.6 Å². The fraction of sp³-hybridized carbons (Fsp3) is 0.400. The smallest absolute Gasteiger partial charge is 0.395 e. The van der Waals surface area contributed by atoms with E-state index in [1.54, 1.807) is 48.5 Å². The van der Waals surface area contributed by atoms with Crippen molar-refractivity contribution in [3.63, 3.8) is 0 Å². The molecule has 0 aliphatic heterocycles. The molecule has 4 aromatic carbocycles. The Morgan fingerprint density at radius 3 is 0.720 bits per heavy atom. The highest BCUT2D eigenvalue weighted by atomic mass is 31.2. The molecule has 0 unspecified atom stereocenters. The summed E-state index contributed by atoms with van der Waals surface area (Å²) in [5.41, 5.74) is 0. The van der Waals surface area contributed by atoms with Gasteiger partial charge in [-0.2, -0.15) is 0 Å². The van der Waals surface area contributed by atoms with Gasteiger partial charge in [0.15, 0.2) is 0 Å². The molecular weight excluding hydrogens is 670 g/mol. The van der Waals surface area contributed by atoms with Crippen LogP contribution in [0.25, 0.3) is 0 Å². The van der Waals surface area contributed by atoms with Gasteiger partial charge in [-0.3, -0.25) is 9.05 Å². The van der Waals surface area contributed by atoms with Gasteiger partial charge in [0.2, 0.25) is 0 Å². The second-order valence-electron chi connectivity index (χ2n) is 12.1. The van der Waals surface area contributed by atoms with Gasteiger partial charge >= 0.3 is 15.6 Å². The maximum atomic E-state index is 13.4. The van der Waals surface area contributed by atoms with Crippen LogP contribution in [0.1, 0.15) is 89.9 Å². The van der Waals surface area contributed by atoms with Gasteiger partial charge in [0.1, 0.15) is 23.0 Å². The molecule has 8 nitrogen and oxygen atoms in total. The van der Waals surface area contributed by atoms with Crippen molar-refractivity contribution in [1.82, 2.24) is 0 Å². The van der Waals surface area contributed by atoms with Gasteiger partial charge in [-0.1, -0.05) is 150 Å². The third kappa shape index (κ3) is 16.4. The van der Waals surface area contributed by atoms with Gasteiger partial charge in [-0.15, -0.1) is 0 Å². The van der Waals surface area contributed by atoms with Crippen LogP contribution in [0.3, 0.4) is 0 Å². The summed E-state index contributed by atoms with van der Waals surface area (Å²) in [6.45, 7) is 0.631. The van der Waals surface area contributed by atoms with Crippen LogP contribution in [0.4, 0.5) is 0 Å². The minimum absolute atomic E-state index is 0.316. The summed E-state index contributed by atoms with van der Waals surface area (Å²) in [5.74, 6) is 1.79. The van der Waals surface area contributed by atoms with Crippen LogP contribution in [0.15, 0.2) is 121 Å². The first-order valence-corrected chi connectivity index (χ1v) is 20.9. The Morgan fingerprint density at radius 1 is 0.300 bits per heavy atom. The first-order chi connectivity index (χ1) is 24.5. The Bertz CT molecular complexity index is 1320. The van der Waals surface area contributed by atoms with Gasteiger partial charge in [0.05, 0.1) is 13.2 Å². The van der Waals surface area contributed by atoms with Crippen molar-refractivity contribution in [3.8, 4) is 23.0 Å². The van der Waals surface area contributed by atoms with E-state index in [1.807, 2.05) is 72.8 Å². The van der Waals surface area contributed by atoms with Crippen LogP contribution in [0.5, 0.6) is 23.0 Å². The summed E-state index contributed by atoms with van der Waals surface area (Å²) < 4.78 is 60.8. The van der Waals surface area contributed by atoms with E-state index in [4.69, 9.17) is 27.1 Å². The van der Waals surface area contributed by atoms with Gasteiger partial charge < -0.3 is 18.1 Å². The zero-order chi connectivity index (χ0) is 35.0. The first-order valence-electron chi connectivity index (χ1n) is 18.0. The number of phosphoric acid groups is 2. The molecule has 0 saturated carbocycles. The van der Waals surface area contributed by atoms with E-state index in [9.17, 15) is 9.13 Å². The predicted octanol–water partition coefficient (Wildman–Crippen LogP) is 13.0. The Kier molecular flexibility index (Phi) is 18.1. The minimum atomic E-state index is -3.81. The van der Waals surface area contributed by atoms with E-state index < -0.39 is 15.6 Å². The van der Waals surface area contributed by atoms with Crippen LogP contribution in [0, 0.1) is 0 Å². The minimum Gasteiger partial charge on any atom is -0.395 e. The highest BCUT2D eigenvalue weighted by molar-refractivity contribution is 7.49. The van der Waals surface area contributed by atoms with Crippen molar-refractivity contribution in [2.45, 2.75) is 89.9 Å². The first kappa shape index (κ1) is 39.2. The van der Waals surface area contributed by atoms with Crippen LogP contribution in [0.2, 0.25) is 0 Å². The third-order valence-electron chi connectivity index (χ3n) is 7.88. The van der Waals surface area contributed by atoms with E-state index in [2.05, 4.69) is 0 Å². The summed E-state index contributed by atoms with van der Waals surface area (Å²) in [6, 6.07) is 35.9. The van der Waals surface area contributed by atoms with Crippen molar-refractivity contribution in [1.29, 1.82) is 0 Å². The topological polar surface area (TPSA) is 89.5 Å². The fourth-order valence-electron chi connectivity index (χ4n) is 5.26. The van der Waals surface area contributed by atoms with Gasteiger partial charge in [0, 0.05) is 0 Å². The largest absolute Gasteiger partial charge is 0.587 e. The number of phosphoric ester groups is 2. The molecule has 0 spiro atoms. The molecule has 0 aromatic heterocycles. The molecule has 0 radical (unpaired) electrons. The van der Waals surface area contributed by atoms with Crippen LogP contribution in [-0.4, -0.2) is 13.2 Å². The quantitative estimate of drug-likeness (QED) is 0.0444. The second-order valence-corrected chi connectivity index (χ2v) is 15.2. The standard InChI is InChI=1S/C40H52O8P2/c41-49(45-37-27-17-13-18-28-37,46-38-29-19-14-20-30-38)43-35-25-11-9-7-5-3-1-2-4-6-8-10-12-26-36-44-50(42,47-39-31-21-15-22-32-39)48-40-33-23-16-24-34-40/h13-24,27-34H,1-12,25-26,35-36H2. The number of unbranched alkanes of at least 4 members (excludes halogenated alkanes) is 13. The maximum absolute atomic E-state index is 13.4. The highest BCUT2D eigenvalue weighted by Gasteiger charge is 2.31. The zero-order valence-corrected chi connectivity index (χ0v) is 30.8. The molecule has 50 heavy (non-hydrogen) atoms. The molecule has 4 aromatic rings. The second kappa shape index (κ2) is 23.0. The fourth-order valence-corrected chi connectivity index (χ4v) is 7.77. The lowest BCUT2D eigenvalue weighted by molar-refractivity contribution is 0.204. The number of rotatable bonds is 27. The Labute approximate surface area is 298 Å². The lowest BCUT2D eigenvalue weighted by atomic mass is 10.0. The SMILES string of the molecule is O=P(OCCCCCCCCCCCCCCCCOP(=O)(Oc1ccccc1)Oc1ccccc1)(Oc1ccccc1)Oc1ccccc1. The molecule has 0 saturated heterocycles. The van der Waals surface area contributed by atoms with Crippen molar-refractivity contribution in [2.24, 2.45) is 0 Å². The monoisotopic (exact) mass is 722 g/mol.